The third kappa shape index (κ3) is 3.33. The molecule has 0 atom stereocenters. The second kappa shape index (κ2) is 6.59. The largest absolute Gasteiger partial charge is 0.293 e. The Bertz CT molecular complexity index is 587. The van der Waals surface area contributed by atoms with Gasteiger partial charge in [-0.25, -0.2) is 0 Å². The van der Waals surface area contributed by atoms with Crippen molar-refractivity contribution in [1.29, 1.82) is 0 Å². The summed E-state index contributed by atoms with van der Waals surface area (Å²) in [6.07, 6.45) is 5.41. The Balaban J connectivity index is 1.45. The van der Waals surface area contributed by atoms with Crippen molar-refractivity contribution in [2.45, 2.75) is 37.0 Å². The first kappa shape index (κ1) is 13.9. The number of carbonyl (C=O) groups is 1. The first-order chi connectivity index (χ1) is 9.83. The van der Waals surface area contributed by atoms with E-state index in [0.29, 0.717) is 6.42 Å². The predicted molar refractivity (Wildman–Crippen MR) is 87.1 cm³/mol. The van der Waals surface area contributed by atoms with Crippen LogP contribution in [-0.2, 0) is 12.8 Å². The van der Waals surface area contributed by atoms with E-state index in [1.807, 2.05) is 29.3 Å². The number of aryl methyl sites for hydroxylation is 2. The lowest BCUT2D eigenvalue weighted by Crippen LogP contribution is -1.96. The summed E-state index contributed by atoms with van der Waals surface area (Å²) < 4.78 is 0. The molecule has 1 nitrogen and oxygen atoms in total. The van der Waals surface area contributed by atoms with E-state index in [1.54, 1.807) is 11.3 Å². The second-order valence-electron chi connectivity index (χ2n) is 5.14. The Labute approximate surface area is 128 Å². The van der Waals surface area contributed by atoms with Gasteiger partial charge in [0.15, 0.2) is 5.78 Å². The number of hydrogen-bond acceptors (Lipinski definition) is 3. The van der Waals surface area contributed by atoms with Crippen LogP contribution in [0.5, 0.6) is 0 Å². The Kier molecular flexibility index (Phi) is 4.58. The molecule has 2 aromatic rings. The van der Waals surface area contributed by atoms with Crippen molar-refractivity contribution in [1.82, 2.24) is 0 Å². The van der Waals surface area contributed by atoms with Gasteiger partial charge in [-0.3, -0.25) is 4.79 Å². The lowest BCUT2D eigenvalue weighted by Gasteiger charge is -2.04. The highest BCUT2D eigenvalue weighted by Crippen LogP contribution is 2.28. The molecule has 0 spiro atoms. The number of thiophene rings is 1. The van der Waals surface area contributed by atoms with E-state index in [0.717, 1.165) is 17.1 Å². The number of rotatable bonds is 6. The van der Waals surface area contributed by atoms with Crippen LogP contribution < -0.4 is 0 Å². The molecule has 0 aliphatic heterocycles. The Morgan fingerprint density at radius 3 is 2.95 bits per heavy atom. The Morgan fingerprint density at radius 2 is 2.10 bits per heavy atom. The van der Waals surface area contributed by atoms with Crippen molar-refractivity contribution < 1.29 is 4.79 Å². The summed E-state index contributed by atoms with van der Waals surface area (Å²) in [6.45, 7) is 0. The fourth-order valence-corrected chi connectivity index (χ4v) is 4.23. The Morgan fingerprint density at radius 1 is 1.20 bits per heavy atom. The molecule has 104 valence electrons. The SMILES string of the molecule is O=C(CCCSc1ccc2c(c1)CCC2)c1cccs1. The third-order valence-electron chi connectivity index (χ3n) is 3.68. The molecule has 0 fully saturated rings. The summed E-state index contributed by atoms with van der Waals surface area (Å²) in [5.74, 6) is 1.31. The van der Waals surface area contributed by atoms with E-state index in [2.05, 4.69) is 18.2 Å². The minimum Gasteiger partial charge on any atom is -0.293 e. The standard InChI is InChI=1S/C17H18OS2/c18-16(17-7-3-11-20-17)6-2-10-19-15-9-8-13-4-1-5-14(13)12-15/h3,7-9,11-12H,1-2,4-6,10H2. The molecule has 0 amide bonds. The van der Waals surface area contributed by atoms with Crippen LogP contribution in [0.4, 0.5) is 0 Å². The smallest absolute Gasteiger partial charge is 0.172 e. The zero-order valence-electron chi connectivity index (χ0n) is 11.4. The Hall–Kier alpha value is -1.06. The number of fused-ring (bicyclic) bond motifs is 1. The van der Waals surface area contributed by atoms with Crippen LogP contribution >= 0.6 is 23.1 Å². The summed E-state index contributed by atoms with van der Waals surface area (Å²) in [7, 11) is 0. The predicted octanol–water partition coefficient (Wildman–Crippen LogP) is 4.99. The molecule has 0 unspecified atom stereocenters. The molecule has 20 heavy (non-hydrogen) atoms. The lowest BCUT2D eigenvalue weighted by molar-refractivity contribution is 0.0986. The average molecular weight is 302 g/mol. The summed E-state index contributed by atoms with van der Waals surface area (Å²) in [5, 5.41) is 1.96. The number of thioether (sulfide) groups is 1. The van der Waals surface area contributed by atoms with Gasteiger partial charge in [0.25, 0.3) is 0 Å². The highest BCUT2D eigenvalue weighted by Gasteiger charge is 2.11. The quantitative estimate of drug-likeness (QED) is 0.425. The maximum atomic E-state index is 11.9. The molecule has 0 saturated carbocycles. The normalized spacial score (nSPS) is 13.4. The van der Waals surface area contributed by atoms with Gasteiger partial charge in [0.2, 0.25) is 0 Å². The van der Waals surface area contributed by atoms with Crippen LogP contribution in [0.3, 0.4) is 0 Å². The molecule has 0 N–H and O–H groups in total. The van der Waals surface area contributed by atoms with Gasteiger partial charge in [0.05, 0.1) is 4.88 Å². The van der Waals surface area contributed by atoms with Gasteiger partial charge < -0.3 is 0 Å². The van der Waals surface area contributed by atoms with Gasteiger partial charge in [-0.1, -0.05) is 12.1 Å². The van der Waals surface area contributed by atoms with Crippen LogP contribution in [0.1, 0.15) is 40.1 Å². The molecule has 1 heterocycles. The van der Waals surface area contributed by atoms with Gasteiger partial charge in [-0.05, 0) is 66.1 Å². The molecule has 0 radical (unpaired) electrons. The molecular weight excluding hydrogens is 284 g/mol. The second-order valence-corrected chi connectivity index (χ2v) is 7.25. The van der Waals surface area contributed by atoms with Crippen molar-refractivity contribution >= 4 is 28.9 Å². The van der Waals surface area contributed by atoms with Crippen molar-refractivity contribution in [2.24, 2.45) is 0 Å². The number of benzene rings is 1. The molecule has 3 rings (SSSR count). The van der Waals surface area contributed by atoms with E-state index in [9.17, 15) is 4.79 Å². The monoisotopic (exact) mass is 302 g/mol. The fourth-order valence-electron chi connectivity index (χ4n) is 2.62. The van der Waals surface area contributed by atoms with Crippen LogP contribution in [0, 0.1) is 0 Å². The highest BCUT2D eigenvalue weighted by atomic mass is 32.2. The molecule has 0 bridgehead atoms. The lowest BCUT2D eigenvalue weighted by atomic mass is 10.1. The van der Waals surface area contributed by atoms with E-state index >= 15 is 0 Å². The maximum absolute atomic E-state index is 11.9. The number of Topliss-reactive ketones (excluding diaryl/α,β-unsaturated/α-hetero) is 1. The van der Waals surface area contributed by atoms with E-state index in [1.165, 1.54) is 35.3 Å². The van der Waals surface area contributed by atoms with Crippen molar-refractivity contribution in [3.05, 3.63) is 51.7 Å². The summed E-state index contributed by atoms with van der Waals surface area (Å²) in [6, 6.07) is 10.7. The molecule has 3 heteroatoms. The minimum absolute atomic E-state index is 0.287. The number of ketones is 1. The van der Waals surface area contributed by atoms with Gasteiger partial charge >= 0.3 is 0 Å². The third-order valence-corrected chi connectivity index (χ3v) is 5.67. The van der Waals surface area contributed by atoms with Gasteiger partial charge in [-0.2, -0.15) is 0 Å². The van der Waals surface area contributed by atoms with E-state index in [4.69, 9.17) is 0 Å². The van der Waals surface area contributed by atoms with Crippen LogP contribution in [-0.4, -0.2) is 11.5 Å². The summed E-state index contributed by atoms with van der Waals surface area (Å²) in [4.78, 5) is 14.1. The molecule has 1 aromatic heterocycles. The van der Waals surface area contributed by atoms with Crippen LogP contribution in [0.15, 0.2) is 40.6 Å². The summed E-state index contributed by atoms with van der Waals surface area (Å²) in [5.41, 5.74) is 3.06. The number of carbonyl (C=O) groups excluding carboxylic acids is 1. The minimum atomic E-state index is 0.287. The average Bonchev–Trinajstić information content (AvgIpc) is 3.13. The van der Waals surface area contributed by atoms with Gasteiger partial charge in [0, 0.05) is 11.3 Å². The first-order valence-corrected chi connectivity index (χ1v) is 9.01. The molecule has 0 saturated heterocycles. The van der Waals surface area contributed by atoms with E-state index < -0.39 is 0 Å². The van der Waals surface area contributed by atoms with Crippen LogP contribution in [0.25, 0.3) is 0 Å². The van der Waals surface area contributed by atoms with E-state index in [-0.39, 0.29) is 5.78 Å². The van der Waals surface area contributed by atoms with Crippen molar-refractivity contribution in [3.8, 4) is 0 Å². The molecule has 1 aliphatic rings. The maximum Gasteiger partial charge on any atom is 0.172 e. The number of hydrogen-bond donors (Lipinski definition) is 0. The topological polar surface area (TPSA) is 17.1 Å². The molecule has 1 aromatic carbocycles. The van der Waals surface area contributed by atoms with Crippen molar-refractivity contribution in [3.63, 3.8) is 0 Å². The molecular formula is C17H18OS2. The highest BCUT2D eigenvalue weighted by molar-refractivity contribution is 7.99. The zero-order chi connectivity index (χ0) is 13.8. The van der Waals surface area contributed by atoms with Gasteiger partial charge in [0.1, 0.15) is 0 Å². The van der Waals surface area contributed by atoms with Gasteiger partial charge in [-0.15, -0.1) is 23.1 Å². The zero-order valence-corrected chi connectivity index (χ0v) is 13.1. The molecule has 1 aliphatic carbocycles. The fraction of sp³-hybridized carbons (Fsp3) is 0.353. The van der Waals surface area contributed by atoms with Crippen LogP contribution in [0.2, 0.25) is 0 Å². The first-order valence-electron chi connectivity index (χ1n) is 7.14. The summed E-state index contributed by atoms with van der Waals surface area (Å²) >= 11 is 3.42. The van der Waals surface area contributed by atoms with Crippen molar-refractivity contribution in [2.75, 3.05) is 5.75 Å².